The van der Waals surface area contributed by atoms with Gasteiger partial charge in [0.2, 0.25) is 5.91 Å². The number of hydrogen-bond acceptors (Lipinski definition) is 5. The SMILES string of the molecule is COc1c(Br)cc(Br)cc1CN(C(C)=O)c1ccc(N2CCOCC2)c(C(=O)O)c1. The summed E-state index contributed by atoms with van der Waals surface area (Å²) in [6.07, 6.45) is 0. The van der Waals surface area contributed by atoms with Crippen molar-refractivity contribution in [3.8, 4) is 5.75 Å². The van der Waals surface area contributed by atoms with Crippen molar-refractivity contribution in [3.05, 3.63) is 50.4 Å². The smallest absolute Gasteiger partial charge is 0.337 e. The van der Waals surface area contributed by atoms with Crippen LogP contribution in [0.5, 0.6) is 5.75 Å². The van der Waals surface area contributed by atoms with E-state index in [-0.39, 0.29) is 18.0 Å². The van der Waals surface area contributed by atoms with Crippen LogP contribution in [-0.2, 0) is 16.1 Å². The Kier molecular flexibility index (Phi) is 7.38. The number of carbonyl (C=O) groups is 2. The van der Waals surface area contributed by atoms with Crippen LogP contribution in [-0.4, -0.2) is 50.4 Å². The number of carboxylic acid groups (broad SMARTS) is 1. The number of rotatable bonds is 6. The van der Waals surface area contributed by atoms with Crippen LogP contribution in [0.3, 0.4) is 0 Å². The zero-order valence-corrected chi connectivity index (χ0v) is 19.8. The average molecular weight is 542 g/mol. The van der Waals surface area contributed by atoms with Crippen molar-refractivity contribution in [1.29, 1.82) is 0 Å². The molecule has 0 atom stereocenters. The zero-order chi connectivity index (χ0) is 21.8. The van der Waals surface area contributed by atoms with Gasteiger partial charge in [0, 0.05) is 35.7 Å². The van der Waals surface area contributed by atoms with E-state index in [2.05, 4.69) is 31.9 Å². The molecule has 2 aromatic rings. The minimum atomic E-state index is -1.04. The maximum absolute atomic E-state index is 12.5. The summed E-state index contributed by atoms with van der Waals surface area (Å²) >= 11 is 6.94. The Hall–Kier alpha value is -2.10. The van der Waals surface area contributed by atoms with E-state index >= 15 is 0 Å². The van der Waals surface area contributed by atoms with Crippen molar-refractivity contribution in [3.63, 3.8) is 0 Å². The van der Waals surface area contributed by atoms with Crippen LogP contribution >= 0.6 is 31.9 Å². The van der Waals surface area contributed by atoms with Gasteiger partial charge in [0.05, 0.1) is 42.6 Å². The topological polar surface area (TPSA) is 79.3 Å². The lowest BCUT2D eigenvalue weighted by Crippen LogP contribution is -2.37. The first-order chi connectivity index (χ1) is 14.3. The molecule has 1 aliphatic rings. The minimum Gasteiger partial charge on any atom is -0.495 e. The van der Waals surface area contributed by atoms with Crippen LogP contribution in [0.1, 0.15) is 22.8 Å². The summed E-state index contributed by atoms with van der Waals surface area (Å²) in [5.41, 5.74) is 2.07. The van der Waals surface area contributed by atoms with Crippen molar-refractivity contribution >= 4 is 55.1 Å². The predicted octanol–water partition coefficient (Wildman–Crippen LogP) is 4.31. The van der Waals surface area contributed by atoms with Crippen LogP contribution < -0.4 is 14.5 Å². The molecule has 0 aliphatic carbocycles. The van der Waals surface area contributed by atoms with Crippen molar-refractivity contribution in [2.45, 2.75) is 13.5 Å². The monoisotopic (exact) mass is 540 g/mol. The molecule has 0 aromatic heterocycles. The number of anilines is 2. The van der Waals surface area contributed by atoms with Gasteiger partial charge in [0.1, 0.15) is 5.75 Å². The highest BCUT2D eigenvalue weighted by Crippen LogP contribution is 2.35. The molecule has 1 heterocycles. The number of nitrogens with zero attached hydrogens (tertiary/aromatic N) is 2. The van der Waals surface area contributed by atoms with E-state index in [0.717, 1.165) is 14.5 Å². The number of carboxylic acids is 1. The van der Waals surface area contributed by atoms with E-state index in [1.165, 1.54) is 11.8 Å². The molecule has 2 aromatic carbocycles. The highest BCUT2D eigenvalue weighted by atomic mass is 79.9. The summed E-state index contributed by atoms with van der Waals surface area (Å²) in [4.78, 5) is 28.0. The Balaban J connectivity index is 2.00. The summed E-state index contributed by atoms with van der Waals surface area (Å²) < 4.78 is 12.4. The van der Waals surface area contributed by atoms with Gasteiger partial charge in [0.25, 0.3) is 0 Å². The Morgan fingerprint density at radius 1 is 1.20 bits per heavy atom. The van der Waals surface area contributed by atoms with Crippen LogP contribution in [0.4, 0.5) is 11.4 Å². The van der Waals surface area contributed by atoms with Gasteiger partial charge < -0.3 is 24.4 Å². The molecule has 30 heavy (non-hydrogen) atoms. The van der Waals surface area contributed by atoms with Crippen molar-refractivity contribution in [1.82, 2.24) is 0 Å². The largest absolute Gasteiger partial charge is 0.495 e. The molecule has 3 rings (SSSR count). The van der Waals surface area contributed by atoms with Gasteiger partial charge in [0.15, 0.2) is 0 Å². The van der Waals surface area contributed by atoms with Crippen molar-refractivity contribution < 1.29 is 24.2 Å². The number of ether oxygens (including phenoxy) is 2. The Morgan fingerprint density at radius 2 is 1.90 bits per heavy atom. The summed E-state index contributed by atoms with van der Waals surface area (Å²) in [5, 5.41) is 9.79. The fourth-order valence-corrected chi connectivity index (χ4v) is 4.93. The number of amides is 1. The molecule has 7 nitrogen and oxygen atoms in total. The van der Waals surface area contributed by atoms with Crippen LogP contribution in [0.15, 0.2) is 39.3 Å². The molecule has 0 radical (unpaired) electrons. The predicted molar refractivity (Wildman–Crippen MR) is 122 cm³/mol. The van der Waals surface area contributed by atoms with E-state index < -0.39 is 5.97 Å². The quantitative estimate of drug-likeness (QED) is 0.587. The summed E-state index contributed by atoms with van der Waals surface area (Å²) in [6.45, 7) is 4.04. The molecule has 0 saturated carbocycles. The molecule has 9 heteroatoms. The van der Waals surface area contributed by atoms with Gasteiger partial charge in [-0.15, -0.1) is 0 Å². The normalized spacial score (nSPS) is 13.8. The Labute approximate surface area is 191 Å². The highest BCUT2D eigenvalue weighted by molar-refractivity contribution is 9.11. The second-order valence-corrected chi connectivity index (χ2v) is 8.56. The molecule has 1 aliphatic heterocycles. The molecule has 0 bridgehead atoms. The molecule has 0 unspecified atom stereocenters. The molecule has 1 saturated heterocycles. The number of carbonyl (C=O) groups excluding carboxylic acids is 1. The van der Waals surface area contributed by atoms with Gasteiger partial charge in [-0.05, 0) is 46.3 Å². The first-order valence-corrected chi connectivity index (χ1v) is 10.9. The van der Waals surface area contributed by atoms with E-state index in [9.17, 15) is 14.7 Å². The van der Waals surface area contributed by atoms with Crippen molar-refractivity contribution in [2.24, 2.45) is 0 Å². The molecule has 160 valence electrons. The summed E-state index contributed by atoms with van der Waals surface area (Å²) in [6, 6.07) is 8.82. The van der Waals surface area contributed by atoms with E-state index in [4.69, 9.17) is 9.47 Å². The van der Waals surface area contributed by atoms with Gasteiger partial charge in [-0.1, -0.05) is 15.9 Å². The number of halogens is 2. The van der Waals surface area contributed by atoms with Gasteiger partial charge in [-0.2, -0.15) is 0 Å². The molecular formula is C21H22Br2N2O5. The van der Waals surface area contributed by atoms with E-state index in [0.29, 0.717) is 43.4 Å². The lowest BCUT2D eigenvalue weighted by atomic mass is 10.1. The molecule has 0 spiro atoms. The Bertz CT molecular complexity index is 961. The number of aromatic carboxylic acids is 1. The number of morpholine rings is 1. The third-order valence-corrected chi connectivity index (χ3v) is 5.92. The molecule has 1 fully saturated rings. The van der Waals surface area contributed by atoms with Crippen LogP contribution in [0.25, 0.3) is 0 Å². The lowest BCUT2D eigenvalue weighted by molar-refractivity contribution is -0.116. The third kappa shape index (κ3) is 4.96. The third-order valence-electron chi connectivity index (χ3n) is 4.87. The summed E-state index contributed by atoms with van der Waals surface area (Å²) in [5.74, 6) is -0.624. The zero-order valence-electron chi connectivity index (χ0n) is 16.7. The lowest BCUT2D eigenvalue weighted by Gasteiger charge is -2.31. The minimum absolute atomic E-state index is 0.156. The maximum atomic E-state index is 12.5. The first-order valence-electron chi connectivity index (χ1n) is 9.32. The van der Waals surface area contributed by atoms with Gasteiger partial charge >= 0.3 is 5.97 Å². The number of methoxy groups -OCH3 is 1. The second kappa shape index (κ2) is 9.80. The standard InChI is InChI=1S/C21H22Br2N2O5/c1-13(26)25(12-14-9-15(22)10-18(23)20(14)29-2)16-3-4-19(17(11-16)21(27)28)24-5-7-30-8-6-24/h3-4,9-11H,5-8,12H2,1-2H3,(H,27,28). The van der Waals surface area contributed by atoms with E-state index in [1.54, 1.807) is 25.3 Å². The molecule has 1 amide bonds. The summed E-state index contributed by atoms with van der Waals surface area (Å²) in [7, 11) is 1.56. The van der Waals surface area contributed by atoms with Gasteiger partial charge in [-0.3, -0.25) is 4.79 Å². The second-order valence-electron chi connectivity index (χ2n) is 6.79. The first kappa shape index (κ1) is 22.6. The fraction of sp³-hybridized carbons (Fsp3) is 0.333. The molecular weight excluding hydrogens is 520 g/mol. The van der Waals surface area contributed by atoms with Crippen molar-refractivity contribution in [2.75, 3.05) is 43.2 Å². The van der Waals surface area contributed by atoms with E-state index in [1.807, 2.05) is 17.0 Å². The highest BCUT2D eigenvalue weighted by Gasteiger charge is 2.22. The Morgan fingerprint density at radius 3 is 2.50 bits per heavy atom. The maximum Gasteiger partial charge on any atom is 0.337 e. The van der Waals surface area contributed by atoms with Gasteiger partial charge in [-0.25, -0.2) is 4.79 Å². The van der Waals surface area contributed by atoms with Crippen LogP contribution in [0.2, 0.25) is 0 Å². The number of benzene rings is 2. The number of hydrogen-bond donors (Lipinski definition) is 1. The average Bonchev–Trinajstić information content (AvgIpc) is 2.71. The fourth-order valence-electron chi connectivity index (χ4n) is 3.46. The van der Waals surface area contributed by atoms with Crippen LogP contribution in [0, 0.1) is 0 Å². The molecule has 1 N–H and O–H groups in total.